The van der Waals surface area contributed by atoms with E-state index in [2.05, 4.69) is 24.4 Å². The van der Waals surface area contributed by atoms with E-state index < -0.39 is 0 Å². The lowest BCUT2D eigenvalue weighted by atomic mass is 9.97. The minimum atomic E-state index is -0.360. The van der Waals surface area contributed by atoms with Crippen molar-refractivity contribution in [1.82, 2.24) is 5.32 Å². The molecule has 0 fully saturated rings. The maximum absolute atomic E-state index is 11.8. The summed E-state index contributed by atoms with van der Waals surface area (Å²) in [5.41, 5.74) is 5.86. The number of hydrogen-bond acceptors (Lipinski definition) is 2. The highest BCUT2D eigenvalue weighted by Crippen LogP contribution is 2.12. The molecule has 0 aliphatic heterocycles. The lowest BCUT2D eigenvalue weighted by Gasteiger charge is -2.23. The van der Waals surface area contributed by atoms with Gasteiger partial charge in [0.25, 0.3) is 0 Å². The summed E-state index contributed by atoms with van der Waals surface area (Å²) in [6.45, 7) is 4.08. The molecule has 0 heterocycles. The molecule has 3 atom stereocenters. The zero-order valence-corrected chi connectivity index (χ0v) is 9.70. The van der Waals surface area contributed by atoms with Crippen molar-refractivity contribution < 1.29 is 4.79 Å². The van der Waals surface area contributed by atoms with Crippen molar-refractivity contribution >= 4 is 5.91 Å². The van der Waals surface area contributed by atoms with Gasteiger partial charge in [-0.2, -0.15) is 0 Å². The summed E-state index contributed by atoms with van der Waals surface area (Å²) in [5, 5.41) is 3.02. The molecule has 1 amide bonds. The molecule has 86 valence electrons. The molecule has 0 aromatic rings. The van der Waals surface area contributed by atoms with Gasteiger partial charge in [-0.3, -0.25) is 4.79 Å². The number of nitrogens with two attached hydrogens (primary N) is 1. The van der Waals surface area contributed by atoms with Crippen LogP contribution in [0.1, 0.15) is 39.5 Å². The fourth-order valence-electron chi connectivity index (χ4n) is 1.73. The number of rotatable bonds is 4. The van der Waals surface area contributed by atoms with Crippen LogP contribution < -0.4 is 11.1 Å². The minimum Gasteiger partial charge on any atom is -0.352 e. The number of allylic oxidation sites excluding steroid dienone is 1. The molecule has 0 aromatic heterocycles. The second-order valence-corrected chi connectivity index (χ2v) is 4.40. The Morgan fingerprint density at radius 3 is 2.87 bits per heavy atom. The zero-order chi connectivity index (χ0) is 11.3. The molecule has 3 unspecified atom stereocenters. The first-order chi connectivity index (χ1) is 7.15. The Balaban J connectivity index is 2.37. The normalized spacial score (nSPS) is 24.6. The first-order valence-corrected chi connectivity index (χ1v) is 5.86. The Bertz CT molecular complexity index is 238. The molecular weight excluding hydrogens is 188 g/mol. The van der Waals surface area contributed by atoms with Crippen LogP contribution in [0.4, 0.5) is 0 Å². The fourth-order valence-corrected chi connectivity index (χ4v) is 1.73. The zero-order valence-electron chi connectivity index (χ0n) is 9.70. The van der Waals surface area contributed by atoms with Crippen LogP contribution in [0.5, 0.6) is 0 Å². The third-order valence-electron chi connectivity index (χ3n) is 3.18. The van der Waals surface area contributed by atoms with Crippen LogP contribution in [0.15, 0.2) is 12.2 Å². The lowest BCUT2D eigenvalue weighted by Crippen LogP contribution is -2.48. The van der Waals surface area contributed by atoms with Gasteiger partial charge in [0, 0.05) is 6.04 Å². The lowest BCUT2D eigenvalue weighted by molar-refractivity contribution is -0.124. The van der Waals surface area contributed by atoms with Crippen LogP contribution in [0, 0.1) is 5.92 Å². The SMILES string of the molecule is CCC(C)C(N)C(=O)NC1CC=CCC1. The van der Waals surface area contributed by atoms with E-state index >= 15 is 0 Å². The van der Waals surface area contributed by atoms with Gasteiger partial charge < -0.3 is 11.1 Å². The van der Waals surface area contributed by atoms with E-state index in [9.17, 15) is 4.79 Å². The molecule has 3 nitrogen and oxygen atoms in total. The van der Waals surface area contributed by atoms with Crippen molar-refractivity contribution in [1.29, 1.82) is 0 Å². The quantitative estimate of drug-likeness (QED) is 0.692. The largest absolute Gasteiger partial charge is 0.352 e. The predicted octanol–water partition coefficient (Wildman–Crippen LogP) is 1.58. The molecule has 1 aliphatic carbocycles. The maximum Gasteiger partial charge on any atom is 0.237 e. The predicted molar refractivity (Wildman–Crippen MR) is 62.4 cm³/mol. The topological polar surface area (TPSA) is 55.1 Å². The molecule has 1 aliphatic rings. The summed E-state index contributed by atoms with van der Waals surface area (Å²) in [4.78, 5) is 11.8. The van der Waals surface area contributed by atoms with Crippen LogP contribution in [0.2, 0.25) is 0 Å². The van der Waals surface area contributed by atoms with Crippen molar-refractivity contribution in [3.8, 4) is 0 Å². The maximum atomic E-state index is 11.8. The summed E-state index contributed by atoms with van der Waals surface area (Å²) in [6.07, 6.45) is 8.28. The van der Waals surface area contributed by atoms with Crippen LogP contribution in [-0.2, 0) is 4.79 Å². The summed E-state index contributed by atoms with van der Waals surface area (Å²) >= 11 is 0. The monoisotopic (exact) mass is 210 g/mol. The van der Waals surface area contributed by atoms with Gasteiger partial charge in [0.2, 0.25) is 5.91 Å². The number of hydrogen-bond donors (Lipinski definition) is 2. The first kappa shape index (κ1) is 12.2. The molecule has 0 bridgehead atoms. The highest BCUT2D eigenvalue weighted by molar-refractivity contribution is 5.82. The molecular formula is C12H22N2O. The molecule has 3 heteroatoms. The van der Waals surface area contributed by atoms with Crippen LogP contribution >= 0.6 is 0 Å². The average Bonchev–Trinajstić information content (AvgIpc) is 2.28. The van der Waals surface area contributed by atoms with Crippen molar-refractivity contribution in [3.63, 3.8) is 0 Å². The van der Waals surface area contributed by atoms with Crippen molar-refractivity contribution in [2.75, 3.05) is 0 Å². The number of nitrogens with one attached hydrogen (secondary N) is 1. The minimum absolute atomic E-state index is 0.00431. The molecule has 0 aromatic carbocycles. The van der Waals surface area contributed by atoms with E-state index in [0.29, 0.717) is 0 Å². The van der Waals surface area contributed by atoms with Gasteiger partial charge in [-0.1, -0.05) is 32.4 Å². The van der Waals surface area contributed by atoms with Crippen molar-refractivity contribution in [3.05, 3.63) is 12.2 Å². The van der Waals surface area contributed by atoms with E-state index in [1.54, 1.807) is 0 Å². The molecule has 0 saturated carbocycles. The van der Waals surface area contributed by atoms with Gasteiger partial charge in [0.15, 0.2) is 0 Å². The van der Waals surface area contributed by atoms with Crippen LogP contribution in [0.25, 0.3) is 0 Å². The summed E-state index contributed by atoms with van der Waals surface area (Å²) in [7, 11) is 0. The van der Waals surface area contributed by atoms with Gasteiger partial charge in [0.05, 0.1) is 6.04 Å². The van der Waals surface area contributed by atoms with Gasteiger partial charge in [0.1, 0.15) is 0 Å². The standard InChI is InChI=1S/C12H22N2O/c1-3-9(2)11(13)12(15)14-10-7-5-4-6-8-10/h4-5,9-11H,3,6-8,13H2,1-2H3,(H,14,15). The van der Waals surface area contributed by atoms with Crippen molar-refractivity contribution in [2.45, 2.75) is 51.6 Å². The van der Waals surface area contributed by atoms with E-state index in [-0.39, 0.29) is 23.9 Å². The Labute approximate surface area is 92.1 Å². The molecule has 0 saturated heterocycles. The van der Waals surface area contributed by atoms with Crippen molar-refractivity contribution in [2.24, 2.45) is 11.7 Å². The van der Waals surface area contributed by atoms with E-state index in [4.69, 9.17) is 5.73 Å². The summed E-state index contributed by atoms with van der Waals surface area (Å²) in [6, 6.07) is -0.0708. The third-order valence-corrected chi connectivity index (χ3v) is 3.18. The van der Waals surface area contributed by atoms with Gasteiger partial charge in [-0.15, -0.1) is 0 Å². The molecule has 0 radical (unpaired) electrons. The Morgan fingerprint density at radius 2 is 2.33 bits per heavy atom. The van der Waals surface area contributed by atoms with E-state index in [0.717, 1.165) is 25.7 Å². The average molecular weight is 210 g/mol. The Morgan fingerprint density at radius 1 is 1.60 bits per heavy atom. The van der Waals surface area contributed by atoms with Gasteiger partial charge in [-0.25, -0.2) is 0 Å². The number of carbonyl (C=O) groups is 1. The smallest absolute Gasteiger partial charge is 0.237 e. The van der Waals surface area contributed by atoms with E-state index in [1.165, 1.54) is 0 Å². The second kappa shape index (κ2) is 5.91. The summed E-state index contributed by atoms with van der Waals surface area (Å²) in [5.74, 6) is 0.258. The highest BCUT2D eigenvalue weighted by atomic mass is 16.2. The Kier molecular flexibility index (Phi) is 4.82. The molecule has 0 spiro atoms. The second-order valence-electron chi connectivity index (χ2n) is 4.40. The summed E-state index contributed by atoms with van der Waals surface area (Å²) < 4.78 is 0. The Hall–Kier alpha value is -0.830. The first-order valence-electron chi connectivity index (χ1n) is 5.86. The van der Waals surface area contributed by atoms with E-state index in [1.807, 2.05) is 6.92 Å². The highest BCUT2D eigenvalue weighted by Gasteiger charge is 2.21. The van der Waals surface area contributed by atoms with Gasteiger partial charge in [-0.05, 0) is 25.2 Å². The molecule has 1 rings (SSSR count). The fraction of sp³-hybridized carbons (Fsp3) is 0.750. The van der Waals surface area contributed by atoms with Gasteiger partial charge >= 0.3 is 0 Å². The van der Waals surface area contributed by atoms with Crippen LogP contribution in [0.3, 0.4) is 0 Å². The van der Waals surface area contributed by atoms with Crippen LogP contribution in [-0.4, -0.2) is 18.0 Å². The molecule has 15 heavy (non-hydrogen) atoms. The number of amides is 1. The number of carbonyl (C=O) groups excluding carboxylic acids is 1. The molecule has 3 N–H and O–H groups in total. The third kappa shape index (κ3) is 3.67.